The number of hydrogen-bond donors (Lipinski definition) is 1. The van der Waals surface area contributed by atoms with Crippen LogP contribution in [0.25, 0.3) is 0 Å². The maximum absolute atomic E-state index is 5.78. The van der Waals surface area contributed by atoms with Crippen molar-refractivity contribution in [1.82, 2.24) is 0 Å². The topological polar surface area (TPSA) is 35.2 Å². The van der Waals surface area contributed by atoms with Crippen molar-refractivity contribution in [1.29, 1.82) is 0 Å². The summed E-state index contributed by atoms with van der Waals surface area (Å²) in [6, 6.07) is 6.38. The molecule has 1 unspecified atom stereocenters. The molecule has 0 fully saturated rings. The van der Waals surface area contributed by atoms with Gasteiger partial charge in [0.25, 0.3) is 0 Å². The smallest absolute Gasteiger partial charge is 0.133 e. The van der Waals surface area contributed by atoms with Crippen LogP contribution in [0.5, 0.6) is 5.75 Å². The third-order valence-corrected chi connectivity index (χ3v) is 3.62. The van der Waals surface area contributed by atoms with E-state index in [1.807, 2.05) is 24.8 Å². The third-order valence-electron chi connectivity index (χ3n) is 2.30. The van der Waals surface area contributed by atoms with Crippen LogP contribution in [0.2, 0.25) is 0 Å². The van der Waals surface area contributed by atoms with E-state index < -0.39 is 0 Å². The van der Waals surface area contributed by atoms with Gasteiger partial charge < -0.3 is 10.5 Å². The molecule has 4 heteroatoms. The van der Waals surface area contributed by atoms with Crippen LogP contribution < -0.4 is 10.5 Å². The molecule has 0 heterocycles. The van der Waals surface area contributed by atoms with Crippen LogP contribution in [0.3, 0.4) is 0 Å². The summed E-state index contributed by atoms with van der Waals surface area (Å²) in [5.74, 6) is 2.06. The average Bonchev–Trinajstić information content (AvgIpc) is 2.26. The summed E-state index contributed by atoms with van der Waals surface area (Å²) < 4.78 is 6.72. The summed E-state index contributed by atoms with van der Waals surface area (Å²) in [6.45, 7) is 2.78. The fraction of sp³-hybridized carbons (Fsp3) is 0.538. The van der Waals surface area contributed by atoms with E-state index in [4.69, 9.17) is 10.5 Å². The van der Waals surface area contributed by atoms with Gasteiger partial charge in [0.2, 0.25) is 0 Å². The molecule has 1 aromatic carbocycles. The van der Waals surface area contributed by atoms with Gasteiger partial charge in [-0.1, -0.05) is 6.07 Å². The molecule has 0 bridgehead atoms. The van der Waals surface area contributed by atoms with Crippen molar-refractivity contribution in [2.75, 3.05) is 18.6 Å². The summed E-state index contributed by atoms with van der Waals surface area (Å²) in [4.78, 5) is 0. The monoisotopic (exact) mass is 317 g/mol. The number of thioether (sulfide) groups is 1. The summed E-state index contributed by atoms with van der Waals surface area (Å²) in [5, 5.41) is 0. The van der Waals surface area contributed by atoms with Crippen molar-refractivity contribution in [2.45, 2.75) is 25.8 Å². The minimum absolute atomic E-state index is 0.190. The SMILES string of the molecule is CSCCCOc1ccc(CC(C)N)cc1Br. The van der Waals surface area contributed by atoms with Gasteiger partial charge in [-0.05, 0) is 65.4 Å². The van der Waals surface area contributed by atoms with Crippen LogP contribution in [-0.2, 0) is 6.42 Å². The molecule has 1 atom stereocenters. The van der Waals surface area contributed by atoms with Gasteiger partial charge in [-0.15, -0.1) is 0 Å². The molecule has 0 amide bonds. The van der Waals surface area contributed by atoms with E-state index in [0.717, 1.165) is 35.4 Å². The molecule has 0 radical (unpaired) electrons. The summed E-state index contributed by atoms with van der Waals surface area (Å²) in [6.07, 6.45) is 4.08. The molecule has 0 aliphatic carbocycles. The lowest BCUT2D eigenvalue weighted by Crippen LogP contribution is -2.17. The first-order valence-corrected chi connectivity index (χ1v) is 7.98. The fourth-order valence-electron chi connectivity index (χ4n) is 1.55. The quantitative estimate of drug-likeness (QED) is 0.782. The van der Waals surface area contributed by atoms with Crippen LogP contribution in [0.1, 0.15) is 18.9 Å². The van der Waals surface area contributed by atoms with Gasteiger partial charge in [-0.2, -0.15) is 11.8 Å². The Hall–Kier alpha value is -0.190. The van der Waals surface area contributed by atoms with Crippen LogP contribution in [-0.4, -0.2) is 24.7 Å². The van der Waals surface area contributed by atoms with Gasteiger partial charge in [0, 0.05) is 6.04 Å². The van der Waals surface area contributed by atoms with E-state index >= 15 is 0 Å². The van der Waals surface area contributed by atoms with Crippen molar-refractivity contribution in [3.8, 4) is 5.75 Å². The maximum Gasteiger partial charge on any atom is 0.133 e. The minimum atomic E-state index is 0.190. The normalized spacial score (nSPS) is 12.5. The molecule has 1 aromatic rings. The second-order valence-electron chi connectivity index (χ2n) is 4.14. The zero-order valence-electron chi connectivity index (χ0n) is 10.4. The molecule has 0 aliphatic rings. The van der Waals surface area contributed by atoms with Gasteiger partial charge in [0.15, 0.2) is 0 Å². The number of nitrogens with two attached hydrogens (primary N) is 1. The summed E-state index contributed by atoms with van der Waals surface area (Å²) in [7, 11) is 0. The highest BCUT2D eigenvalue weighted by Crippen LogP contribution is 2.26. The molecule has 0 saturated carbocycles. The molecule has 0 spiro atoms. The van der Waals surface area contributed by atoms with Crippen molar-refractivity contribution in [3.63, 3.8) is 0 Å². The highest BCUT2D eigenvalue weighted by Gasteiger charge is 2.04. The molecule has 96 valence electrons. The number of hydrogen-bond acceptors (Lipinski definition) is 3. The first kappa shape index (κ1) is 14.9. The van der Waals surface area contributed by atoms with E-state index in [0.29, 0.717) is 0 Å². The average molecular weight is 318 g/mol. The van der Waals surface area contributed by atoms with Crippen LogP contribution in [0.15, 0.2) is 22.7 Å². The molecule has 2 nitrogen and oxygen atoms in total. The number of ether oxygens (including phenoxy) is 1. The fourth-order valence-corrected chi connectivity index (χ4v) is 2.49. The Balaban J connectivity index is 2.51. The Kier molecular flexibility index (Phi) is 7.00. The predicted octanol–water partition coefficient (Wildman–Crippen LogP) is 3.47. The van der Waals surface area contributed by atoms with E-state index in [-0.39, 0.29) is 6.04 Å². The Labute approximate surface area is 116 Å². The first-order chi connectivity index (χ1) is 8.13. The Morgan fingerprint density at radius 1 is 1.47 bits per heavy atom. The standard InChI is InChI=1S/C13H20BrNOS/c1-10(15)8-11-4-5-13(12(14)9-11)16-6-3-7-17-2/h4-5,9-10H,3,6-8,15H2,1-2H3. The first-order valence-electron chi connectivity index (χ1n) is 5.79. The van der Waals surface area contributed by atoms with Crippen LogP contribution in [0.4, 0.5) is 0 Å². The van der Waals surface area contributed by atoms with Gasteiger partial charge in [-0.3, -0.25) is 0 Å². The molecule has 1 rings (SSSR count). The number of benzene rings is 1. The minimum Gasteiger partial charge on any atom is -0.492 e. The lowest BCUT2D eigenvalue weighted by atomic mass is 10.1. The Morgan fingerprint density at radius 2 is 2.24 bits per heavy atom. The molecule has 0 saturated heterocycles. The second kappa shape index (κ2) is 8.01. The predicted molar refractivity (Wildman–Crippen MR) is 80.0 cm³/mol. The van der Waals surface area contributed by atoms with Crippen molar-refractivity contribution < 1.29 is 4.74 Å². The lowest BCUT2D eigenvalue weighted by Gasteiger charge is -2.10. The number of rotatable bonds is 7. The van der Waals surface area contributed by atoms with Gasteiger partial charge >= 0.3 is 0 Å². The molecule has 2 N–H and O–H groups in total. The van der Waals surface area contributed by atoms with Gasteiger partial charge in [0.05, 0.1) is 11.1 Å². The largest absolute Gasteiger partial charge is 0.492 e. The van der Waals surface area contributed by atoms with E-state index in [9.17, 15) is 0 Å². The van der Waals surface area contributed by atoms with Crippen molar-refractivity contribution in [3.05, 3.63) is 28.2 Å². The molecular weight excluding hydrogens is 298 g/mol. The Bertz CT molecular complexity index is 344. The lowest BCUT2D eigenvalue weighted by molar-refractivity contribution is 0.316. The second-order valence-corrected chi connectivity index (χ2v) is 5.98. The van der Waals surface area contributed by atoms with Gasteiger partial charge in [0.1, 0.15) is 5.75 Å². The van der Waals surface area contributed by atoms with Crippen molar-refractivity contribution >= 4 is 27.7 Å². The summed E-state index contributed by atoms with van der Waals surface area (Å²) >= 11 is 5.38. The van der Waals surface area contributed by atoms with Crippen LogP contribution in [0, 0.1) is 0 Å². The number of halogens is 1. The van der Waals surface area contributed by atoms with Gasteiger partial charge in [-0.25, -0.2) is 0 Å². The van der Waals surface area contributed by atoms with E-state index in [2.05, 4.69) is 34.3 Å². The zero-order valence-corrected chi connectivity index (χ0v) is 12.8. The molecule has 0 aromatic heterocycles. The van der Waals surface area contributed by atoms with Crippen molar-refractivity contribution in [2.24, 2.45) is 5.73 Å². The molecule has 17 heavy (non-hydrogen) atoms. The van der Waals surface area contributed by atoms with E-state index in [1.165, 1.54) is 5.56 Å². The third kappa shape index (κ3) is 5.80. The van der Waals surface area contributed by atoms with E-state index in [1.54, 1.807) is 0 Å². The summed E-state index contributed by atoms with van der Waals surface area (Å²) in [5.41, 5.74) is 7.02. The highest BCUT2D eigenvalue weighted by molar-refractivity contribution is 9.10. The Morgan fingerprint density at radius 3 is 2.82 bits per heavy atom. The maximum atomic E-state index is 5.78. The highest BCUT2D eigenvalue weighted by atomic mass is 79.9. The van der Waals surface area contributed by atoms with Crippen LogP contribution >= 0.6 is 27.7 Å². The molecule has 0 aliphatic heterocycles. The zero-order chi connectivity index (χ0) is 12.7. The molecular formula is C13H20BrNOS.